The molecule has 0 saturated heterocycles. The molecule has 0 amide bonds. The Labute approximate surface area is 115 Å². The highest BCUT2D eigenvalue weighted by Gasteiger charge is 2.13. The summed E-state index contributed by atoms with van der Waals surface area (Å²) < 4.78 is 27.0. The summed E-state index contributed by atoms with van der Waals surface area (Å²) in [5, 5.41) is 2.64. The van der Waals surface area contributed by atoms with E-state index in [-0.39, 0.29) is 11.4 Å². The van der Waals surface area contributed by atoms with Crippen LogP contribution in [-0.2, 0) is 19.1 Å². The lowest BCUT2D eigenvalue weighted by atomic mass is 10.2. The average molecular weight is 283 g/mol. The third kappa shape index (κ3) is 3.98. The molecular formula is C13H14FNO5. The van der Waals surface area contributed by atoms with Gasteiger partial charge in [-0.3, -0.25) is 0 Å². The Morgan fingerprint density at radius 1 is 1.20 bits per heavy atom. The van der Waals surface area contributed by atoms with Gasteiger partial charge in [-0.05, 0) is 12.1 Å². The van der Waals surface area contributed by atoms with Gasteiger partial charge in [0.05, 0.1) is 27.4 Å². The first-order valence-corrected chi connectivity index (χ1v) is 5.50. The Morgan fingerprint density at radius 2 is 1.90 bits per heavy atom. The fourth-order valence-corrected chi connectivity index (χ4v) is 1.33. The summed E-state index contributed by atoms with van der Waals surface area (Å²) >= 11 is 0. The number of hydrogen-bond acceptors (Lipinski definition) is 6. The number of anilines is 1. The molecule has 0 radical (unpaired) electrons. The summed E-state index contributed by atoms with van der Waals surface area (Å²) in [6.45, 7) is 0. The molecule has 0 aliphatic heterocycles. The zero-order valence-electron chi connectivity index (χ0n) is 11.2. The molecule has 0 saturated carbocycles. The Bertz CT molecular complexity index is 542. The van der Waals surface area contributed by atoms with Crippen LogP contribution in [-0.4, -0.2) is 33.3 Å². The topological polar surface area (TPSA) is 73.9 Å². The van der Waals surface area contributed by atoms with Crippen LogP contribution in [0.5, 0.6) is 5.75 Å². The zero-order chi connectivity index (χ0) is 15.1. The Morgan fingerprint density at radius 3 is 2.45 bits per heavy atom. The van der Waals surface area contributed by atoms with Crippen molar-refractivity contribution >= 4 is 17.6 Å². The van der Waals surface area contributed by atoms with Crippen molar-refractivity contribution in [3.05, 3.63) is 35.8 Å². The number of rotatable bonds is 5. The molecule has 20 heavy (non-hydrogen) atoms. The van der Waals surface area contributed by atoms with Crippen molar-refractivity contribution in [2.24, 2.45) is 0 Å². The summed E-state index contributed by atoms with van der Waals surface area (Å²) in [6, 6.07) is 3.88. The van der Waals surface area contributed by atoms with Crippen molar-refractivity contribution in [2.45, 2.75) is 0 Å². The normalized spacial score (nSPS) is 10.7. The highest BCUT2D eigenvalue weighted by Crippen LogP contribution is 2.22. The van der Waals surface area contributed by atoms with Crippen molar-refractivity contribution in [2.75, 3.05) is 26.6 Å². The van der Waals surface area contributed by atoms with Gasteiger partial charge in [-0.15, -0.1) is 0 Å². The third-order valence-electron chi connectivity index (χ3n) is 2.30. The second-order valence-electron chi connectivity index (χ2n) is 3.55. The van der Waals surface area contributed by atoms with E-state index in [0.717, 1.165) is 12.1 Å². The van der Waals surface area contributed by atoms with Crippen molar-refractivity contribution in [3.8, 4) is 5.75 Å². The molecule has 0 fully saturated rings. The van der Waals surface area contributed by atoms with Crippen molar-refractivity contribution in [1.29, 1.82) is 0 Å². The first-order chi connectivity index (χ1) is 9.51. The van der Waals surface area contributed by atoms with E-state index < -0.39 is 17.8 Å². The molecule has 0 aromatic heterocycles. The smallest absolute Gasteiger partial charge is 0.354 e. The fourth-order valence-electron chi connectivity index (χ4n) is 1.33. The summed E-state index contributed by atoms with van der Waals surface area (Å²) in [7, 11) is 3.66. The highest BCUT2D eigenvalue weighted by molar-refractivity contribution is 5.98. The van der Waals surface area contributed by atoms with Gasteiger partial charge in [0.15, 0.2) is 11.6 Å². The number of methoxy groups -OCH3 is 3. The monoisotopic (exact) mass is 283 g/mol. The quantitative estimate of drug-likeness (QED) is 0.651. The number of halogens is 1. The summed E-state index contributed by atoms with van der Waals surface area (Å²) in [5.74, 6) is -2.04. The second-order valence-corrected chi connectivity index (χ2v) is 3.55. The molecule has 0 spiro atoms. The van der Waals surface area contributed by atoms with E-state index in [2.05, 4.69) is 14.8 Å². The van der Waals surface area contributed by atoms with E-state index in [1.165, 1.54) is 33.5 Å². The molecule has 1 aromatic rings. The minimum Gasteiger partial charge on any atom is -0.494 e. The number of ether oxygens (including phenoxy) is 3. The van der Waals surface area contributed by atoms with Crippen molar-refractivity contribution < 1.29 is 28.2 Å². The van der Waals surface area contributed by atoms with Gasteiger partial charge in [0, 0.05) is 11.8 Å². The van der Waals surface area contributed by atoms with Gasteiger partial charge < -0.3 is 19.5 Å². The van der Waals surface area contributed by atoms with Gasteiger partial charge in [0.2, 0.25) is 0 Å². The Kier molecular flexibility index (Phi) is 5.52. The van der Waals surface area contributed by atoms with Gasteiger partial charge in [-0.2, -0.15) is 0 Å². The maximum absolute atomic E-state index is 13.3. The van der Waals surface area contributed by atoms with Crippen molar-refractivity contribution in [3.63, 3.8) is 0 Å². The summed E-state index contributed by atoms with van der Waals surface area (Å²) in [6.07, 6.45) is 0.932. The van der Waals surface area contributed by atoms with Gasteiger partial charge in [0.1, 0.15) is 5.70 Å². The minimum absolute atomic E-state index is 0.00251. The van der Waals surface area contributed by atoms with E-state index in [1.807, 2.05) is 0 Å². The van der Waals surface area contributed by atoms with Crippen molar-refractivity contribution in [1.82, 2.24) is 0 Å². The van der Waals surface area contributed by atoms with Crippen LogP contribution < -0.4 is 10.1 Å². The van der Waals surface area contributed by atoms with Gasteiger partial charge in [-0.25, -0.2) is 14.0 Å². The number of esters is 2. The molecule has 6 nitrogen and oxygen atoms in total. The predicted molar refractivity (Wildman–Crippen MR) is 68.7 cm³/mol. The molecule has 7 heteroatoms. The van der Waals surface area contributed by atoms with Crippen LogP contribution in [0, 0.1) is 5.82 Å². The van der Waals surface area contributed by atoms with Crippen LogP contribution >= 0.6 is 0 Å². The first-order valence-electron chi connectivity index (χ1n) is 5.50. The molecule has 0 bridgehead atoms. The van der Waals surface area contributed by atoms with Crippen LogP contribution in [0.2, 0.25) is 0 Å². The van der Waals surface area contributed by atoms with E-state index in [9.17, 15) is 14.0 Å². The lowest BCUT2D eigenvalue weighted by molar-refractivity contribution is -0.138. The highest BCUT2D eigenvalue weighted by atomic mass is 19.1. The zero-order valence-corrected chi connectivity index (χ0v) is 11.2. The lowest BCUT2D eigenvalue weighted by Crippen LogP contribution is -2.15. The number of hydrogen-bond donors (Lipinski definition) is 1. The second kappa shape index (κ2) is 7.13. The van der Waals surface area contributed by atoms with Crippen LogP contribution in [0.3, 0.4) is 0 Å². The lowest BCUT2D eigenvalue weighted by Gasteiger charge is -2.10. The molecule has 0 aliphatic rings. The first kappa shape index (κ1) is 15.5. The molecule has 108 valence electrons. The average Bonchev–Trinajstić information content (AvgIpc) is 2.47. The number of carbonyl (C=O) groups excluding carboxylic acids is 2. The minimum atomic E-state index is -0.765. The molecule has 1 aromatic carbocycles. The fraction of sp³-hybridized carbons (Fsp3) is 0.231. The number of benzene rings is 1. The molecule has 1 N–H and O–H groups in total. The van der Waals surface area contributed by atoms with E-state index in [4.69, 9.17) is 4.74 Å². The molecule has 0 heterocycles. The predicted octanol–water partition coefficient (Wildman–Crippen LogP) is 1.48. The summed E-state index contributed by atoms with van der Waals surface area (Å²) in [5.41, 5.74) is 0.205. The van der Waals surface area contributed by atoms with E-state index >= 15 is 0 Å². The van der Waals surface area contributed by atoms with E-state index in [0.29, 0.717) is 5.69 Å². The Balaban J connectivity index is 3.04. The van der Waals surface area contributed by atoms with Crippen LogP contribution in [0.15, 0.2) is 30.0 Å². The third-order valence-corrected chi connectivity index (χ3v) is 2.30. The van der Waals surface area contributed by atoms with Gasteiger partial charge in [0.25, 0.3) is 0 Å². The molecule has 0 atom stereocenters. The molecule has 0 unspecified atom stereocenters. The van der Waals surface area contributed by atoms with Crippen LogP contribution in [0.4, 0.5) is 10.1 Å². The SMILES string of the molecule is COC(=O)/C=C(/Nc1ccc(F)c(OC)c1)C(=O)OC. The maximum Gasteiger partial charge on any atom is 0.354 e. The molecule has 1 rings (SSSR count). The van der Waals surface area contributed by atoms with Crippen LogP contribution in [0.1, 0.15) is 0 Å². The molecule has 0 aliphatic carbocycles. The number of nitrogens with one attached hydrogen (secondary N) is 1. The van der Waals surface area contributed by atoms with Gasteiger partial charge in [-0.1, -0.05) is 0 Å². The molecular weight excluding hydrogens is 269 g/mol. The maximum atomic E-state index is 13.3. The number of carbonyl (C=O) groups is 2. The van der Waals surface area contributed by atoms with E-state index in [1.54, 1.807) is 0 Å². The van der Waals surface area contributed by atoms with Crippen LogP contribution in [0.25, 0.3) is 0 Å². The largest absolute Gasteiger partial charge is 0.494 e. The standard InChI is InChI=1S/C13H14FNO5/c1-18-11-6-8(4-5-9(11)14)15-10(13(17)20-3)7-12(16)19-2/h4-7,15H,1-3H3/b10-7+. The Hall–Kier alpha value is -2.57. The van der Waals surface area contributed by atoms with Gasteiger partial charge >= 0.3 is 11.9 Å². The summed E-state index contributed by atoms with van der Waals surface area (Å²) in [4.78, 5) is 22.7.